The molecule has 0 aliphatic heterocycles. The third-order valence-corrected chi connectivity index (χ3v) is 5.34. The highest BCUT2D eigenvalue weighted by Crippen LogP contribution is 2.36. The number of rotatable bonds is 5. The molecule has 7 nitrogen and oxygen atoms in total. The zero-order chi connectivity index (χ0) is 22.0. The van der Waals surface area contributed by atoms with Crippen LogP contribution in [0.4, 0.5) is 10.5 Å². The van der Waals surface area contributed by atoms with Crippen LogP contribution in [0.15, 0.2) is 65.4 Å². The summed E-state index contributed by atoms with van der Waals surface area (Å²) in [7, 11) is 1.73. The van der Waals surface area contributed by atoms with Crippen molar-refractivity contribution >= 4 is 11.7 Å². The van der Waals surface area contributed by atoms with E-state index >= 15 is 0 Å². The summed E-state index contributed by atoms with van der Waals surface area (Å²) in [5.41, 5.74) is 6.47. The molecular weight excluding hydrogens is 390 g/mol. The Kier molecular flexibility index (Phi) is 5.58. The molecule has 0 bridgehead atoms. The van der Waals surface area contributed by atoms with Gasteiger partial charge in [-0.25, -0.2) is 9.48 Å². The van der Waals surface area contributed by atoms with Crippen molar-refractivity contribution in [2.75, 3.05) is 11.9 Å². The highest BCUT2D eigenvalue weighted by molar-refractivity contribution is 5.96. The van der Waals surface area contributed by atoms with Crippen molar-refractivity contribution in [3.8, 4) is 16.9 Å². The second-order valence-corrected chi connectivity index (χ2v) is 7.54. The molecule has 0 saturated heterocycles. The van der Waals surface area contributed by atoms with E-state index in [1.165, 1.54) is 0 Å². The van der Waals surface area contributed by atoms with E-state index in [1.807, 2.05) is 75.5 Å². The van der Waals surface area contributed by atoms with E-state index in [2.05, 4.69) is 15.6 Å². The highest BCUT2D eigenvalue weighted by Gasteiger charge is 2.24. The third kappa shape index (κ3) is 4.07. The first-order valence-corrected chi connectivity index (χ1v) is 10.1. The molecule has 4 rings (SSSR count). The van der Waals surface area contributed by atoms with Gasteiger partial charge in [0, 0.05) is 31.5 Å². The summed E-state index contributed by atoms with van der Waals surface area (Å²) in [6.07, 6.45) is 3.63. The summed E-state index contributed by atoms with van der Waals surface area (Å²) in [4.78, 5) is 14.5. The predicted molar refractivity (Wildman–Crippen MR) is 120 cm³/mol. The monoisotopic (exact) mass is 415 g/mol. The summed E-state index contributed by atoms with van der Waals surface area (Å²) in [5.74, 6) is 0.596. The largest absolute Gasteiger partial charge is 0.359 e. The molecule has 0 aliphatic carbocycles. The minimum atomic E-state index is -0.227. The van der Waals surface area contributed by atoms with E-state index < -0.39 is 0 Å². The number of anilines is 1. The number of hydrogen-bond acceptors (Lipinski definition) is 4. The standard InChI is InChI=1S/C24H25N5O2/c1-16-7-5-8-17(2)21(16)22-23(18(3)31-27-22)28(4)24(30)25-15-19-9-11-20(12-10-19)29-14-6-13-26-29/h5-14H,15H2,1-4H3,(H,25,30). The normalized spacial score (nSPS) is 10.8. The summed E-state index contributed by atoms with van der Waals surface area (Å²) in [6, 6.07) is 15.6. The first-order valence-electron chi connectivity index (χ1n) is 10.1. The van der Waals surface area contributed by atoms with E-state index in [4.69, 9.17) is 4.52 Å². The lowest BCUT2D eigenvalue weighted by atomic mass is 9.99. The van der Waals surface area contributed by atoms with Crippen LogP contribution in [0.1, 0.15) is 22.5 Å². The molecule has 2 heterocycles. The van der Waals surface area contributed by atoms with Gasteiger partial charge in [0.25, 0.3) is 0 Å². The quantitative estimate of drug-likeness (QED) is 0.508. The molecule has 0 saturated carbocycles. The number of urea groups is 1. The van der Waals surface area contributed by atoms with Crippen LogP contribution in [0, 0.1) is 20.8 Å². The fraction of sp³-hybridized carbons (Fsp3) is 0.208. The molecule has 4 aromatic rings. The Morgan fingerprint density at radius 1 is 1.06 bits per heavy atom. The fourth-order valence-corrected chi connectivity index (χ4v) is 3.70. The van der Waals surface area contributed by atoms with Crippen molar-refractivity contribution in [3.05, 3.63) is 83.4 Å². The average molecular weight is 415 g/mol. The van der Waals surface area contributed by atoms with Crippen LogP contribution in [0.3, 0.4) is 0 Å². The van der Waals surface area contributed by atoms with Gasteiger partial charge >= 0.3 is 6.03 Å². The molecule has 2 amide bonds. The predicted octanol–water partition coefficient (Wildman–Crippen LogP) is 4.80. The Labute approximate surface area is 181 Å². The maximum absolute atomic E-state index is 12.9. The van der Waals surface area contributed by atoms with Gasteiger partial charge in [-0.3, -0.25) is 4.90 Å². The highest BCUT2D eigenvalue weighted by atomic mass is 16.5. The molecule has 0 aliphatic rings. The number of amides is 2. The van der Waals surface area contributed by atoms with Crippen molar-refractivity contribution in [2.45, 2.75) is 27.3 Å². The average Bonchev–Trinajstić information content (AvgIpc) is 3.42. The second-order valence-electron chi connectivity index (χ2n) is 7.54. The number of hydrogen-bond donors (Lipinski definition) is 1. The summed E-state index contributed by atoms with van der Waals surface area (Å²) >= 11 is 0. The van der Waals surface area contributed by atoms with Gasteiger partial charge in [-0.05, 0) is 55.7 Å². The molecule has 0 fully saturated rings. The lowest BCUT2D eigenvalue weighted by Gasteiger charge is -2.19. The van der Waals surface area contributed by atoms with Gasteiger partial charge < -0.3 is 9.84 Å². The van der Waals surface area contributed by atoms with E-state index in [-0.39, 0.29) is 6.03 Å². The molecule has 2 aromatic heterocycles. The zero-order valence-corrected chi connectivity index (χ0v) is 18.1. The topological polar surface area (TPSA) is 76.2 Å². The Bertz CT molecular complexity index is 1170. The number of carbonyl (C=O) groups is 1. The molecule has 2 aromatic carbocycles. The van der Waals surface area contributed by atoms with Crippen molar-refractivity contribution < 1.29 is 9.32 Å². The molecule has 0 unspecified atom stereocenters. The van der Waals surface area contributed by atoms with E-state index in [0.29, 0.717) is 23.7 Å². The molecule has 1 N–H and O–H groups in total. The van der Waals surface area contributed by atoms with Crippen LogP contribution >= 0.6 is 0 Å². The summed E-state index contributed by atoms with van der Waals surface area (Å²) in [5, 5.41) is 11.5. The van der Waals surface area contributed by atoms with Crippen LogP contribution in [0.2, 0.25) is 0 Å². The van der Waals surface area contributed by atoms with Gasteiger partial charge in [-0.1, -0.05) is 35.5 Å². The van der Waals surface area contributed by atoms with Crippen molar-refractivity contribution in [2.24, 2.45) is 0 Å². The van der Waals surface area contributed by atoms with Crippen LogP contribution in [-0.4, -0.2) is 28.0 Å². The van der Waals surface area contributed by atoms with Crippen LogP contribution in [0.5, 0.6) is 0 Å². The molecule has 31 heavy (non-hydrogen) atoms. The lowest BCUT2D eigenvalue weighted by molar-refractivity contribution is 0.247. The van der Waals surface area contributed by atoms with Crippen molar-refractivity contribution in [1.29, 1.82) is 0 Å². The Morgan fingerprint density at radius 3 is 2.42 bits per heavy atom. The second kappa shape index (κ2) is 8.47. The Morgan fingerprint density at radius 2 is 1.77 bits per heavy atom. The number of carbonyl (C=O) groups excluding carboxylic acids is 1. The maximum Gasteiger partial charge on any atom is 0.322 e. The number of nitrogens with zero attached hydrogens (tertiary/aromatic N) is 4. The lowest BCUT2D eigenvalue weighted by Crippen LogP contribution is -2.37. The molecule has 158 valence electrons. The van der Waals surface area contributed by atoms with Gasteiger partial charge in [0.2, 0.25) is 0 Å². The number of aryl methyl sites for hydroxylation is 3. The first-order chi connectivity index (χ1) is 15.0. The summed E-state index contributed by atoms with van der Waals surface area (Å²) < 4.78 is 7.25. The van der Waals surface area contributed by atoms with E-state index in [0.717, 1.165) is 27.9 Å². The van der Waals surface area contributed by atoms with Crippen LogP contribution in [-0.2, 0) is 6.54 Å². The van der Waals surface area contributed by atoms with E-state index in [1.54, 1.807) is 22.8 Å². The van der Waals surface area contributed by atoms with Gasteiger partial charge in [0.15, 0.2) is 5.76 Å². The molecular formula is C24H25N5O2. The SMILES string of the molecule is Cc1cccc(C)c1-c1noc(C)c1N(C)C(=O)NCc1ccc(-n2cccn2)cc1. The van der Waals surface area contributed by atoms with Crippen molar-refractivity contribution in [1.82, 2.24) is 20.3 Å². The third-order valence-electron chi connectivity index (χ3n) is 5.34. The number of aromatic nitrogens is 3. The first kappa shape index (κ1) is 20.4. The smallest absolute Gasteiger partial charge is 0.322 e. The number of benzene rings is 2. The number of nitrogens with one attached hydrogen (secondary N) is 1. The molecule has 0 radical (unpaired) electrons. The van der Waals surface area contributed by atoms with Gasteiger partial charge in [-0.2, -0.15) is 5.10 Å². The maximum atomic E-state index is 12.9. The fourth-order valence-electron chi connectivity index (χ4n) is 3.70. The van der Waals surface area contributed by atoms with Crippen LogP contribution in [0.25, 0.3) is 16.9 Å². The Balaban J connectivity index is 1.50. The van der Waals surface area contributed by atoms with E-state index in [9.17, 15) is 4.79 Å². The molecule has 0 spiro atoms. The zero-order valence-electron chi connectivity index (χ0n) is 18.1. The minimum absolute atomic E-state index is 0.227. The van der Waals surface area contributed by atoms with Gasteiger partial charge in [0.1, 0.15) is 11.4 Å². The molecule has 7 heteroatoms. The van der Waals surface area contributed by atoms with Crippen LogP contribution < -0.4 is 10.2 Å². The Hall–Kier alpha value is -3.87. The van der Waals surface area contributed by atoms with Gasteiger partial charge in [0.05, 0.1) is 5.69 Å². The van der Waals surface area contributed by atoms with Gasteiger partial charge in [-0.15, -0.1) is 0 Å². The molecule has 0 atom stereocenters. The summed E-state index contributed by atoms with van der Waals surface area (Å²) in [6.45, 7) is 6.29. The van der Waals surface area contributed by atoms with Crippen molar-refractivity contribution in [3.63, 3.8) is 0 Å². The minimum Gasteiger partial charge on any atom is -0.359 e.